The highest BCUT2D eigenvalue weighted by atomic mass is 16.4. The molecule has 1 unspecified atom stereocenters. The number of carboxylic acid groups (broad SMARTS) is 1. The predicted octanol–water partition coefficient (Wildman–Crippen LogP) is 2.51. The van der Waals surface area contributed by atoms with E-state index in [1.54, 1.807) is 6.33 Å². The van der Waals surface area contributed by atoms with Crippen LogP contribution in [0.2, 0.25) is 0 Å². The predicted molar refractivity (Wildman–Crippen MR) is 77.8 cm³/mol. The van der Waals surface area contributed by atoms with Gasteiger partial charge in [0.1, 0.15) is 12.1 Å². The first kappa shape index (κ1) is 14.8. The summed E-state index contributed by atoms with van der Waals surface area (Å²) in [4.78, 5) is 22.3. The van der Waals surface area contributed by atoms with E-state index in [4.69, 9.17) is 0 Å². The van der Waals surface area contributed by atoms with Crippen LogP contribution in [0.5, 0.6) is 0 Å². The molecule has 1 aromatic rings. The summed E-state index contributed by atoms with van der Waals surface area (Å²) in [5.41, 5.74) is 0.422. The Kier molecular flexibility index (Phi) is 4.57. The lowest BCUT2D eigenvalue weighted by Crippen LogP contribution is -2.34. The van der Waals surface area contributed by atoms with Crippen molar-refractivity contribution in [3.63, 3.8) is 0 Å². The van der Waals surface area contributed by atoms with Crippen molar-refractivity contribution >= 4 is 11.8 Å². The van der Waals surface area contributed by atoms with Crippen LogP contribution >= 0.6 is 0 Å². The van der Waals surface area contributed by atoms with E-state index in [9.17, 15) is 9.90 Å². The summed E-state index contributed by atoms with van der Waals surface area (Å²) in [5.74, 6) is 0.187. The fourth-order valence-corrected chi connectivity index (χ4v) is 2.98. The van der Waals surface area contributed by atoms with Crippen molar-refractivity contribution in [1.29, 1.82) is 0 Å². The topological polar surface area (TPSA) is 66.3 Å². The van der Waals surface area contributed by atoms with Gasteiger partial charge < -0.3 is 10.0 Å². The molecule has 0 amide bonds. The quantitative estimate of drug-likeness (QED) is 0.865. The molecule has 0 bridgehead atoms. The number of nitrogens with zero attached hydrogens (tertiary/aromatic N) is 3. The number of aromatic nitrogens is 2. The van der Waals surface area contributed by atoms with Crippen molar-refractivity contribution < 1.29 is 9.90 Å². The number of carboxylic acids is 1. The van der Waals surface area contributed by atoms with E-state index in [-0.39, 0.29) is 0 Å². The van der Waals surface area contributed by atoms with Gasteiger partial charge in [0, 0.05) is 24.8 Å². The lowest BCUT2D eigenvalue weighted by molar-refractivity contribution is -0.148. The molecule has 5 heteroatoms. The first-order valence-corrected chi connectivity index (χ1v) is 7.40. The average molecular weight is 277 g/mol. The van der Waals surface area contributed by atoms with Crippen molar-refractivity contribution in [3.8, 4) is 0 Å². The molecule has 0 spiro atoms. The minimum Gasteiger partial charge on any atom is -0.481 e. The first-order valence-electron chi connectivity index (χ1n) is 7.40. The molecule has 2 rings (SSSR count). The molecule has 1 aliphatic heterocycles. The van der Waals surface area contributed by atoms with E-state index >= 15 is 0 Å². The smallest absolute Gasteiger partial charge is 0.311 e. The van der Waals surface area contributed by atoms with Gasteiger partial charge in [0.25, 0.3) is 0 Å². The van der Waals surface area contributed by atoms with Crippen molar-refractivity contribution in [2.75, 3.05) is 18.0 Å². The zero-order chi connectivity index (χ0) is 14.6. The van der Waals surface area contributed by atoms with Crippen LogP contribution in [-0.2, 0) is 11.2 Å². The van der Waals surface area contributed by atoms with E-state index in [0.717, 1.165) is 43.7 Å². The summed E-state index contributed by atoms with van der Waals surface area (Å²) in [5, 5.41) is 9.54. The molecule has 20 heavy (non-hydrogen) atoms. The van der Waals surface area contributed by atoms with Gasteiger partial charge in [-0.3, -0.25) is 4.79 Å². The van der Waals surface area contributed by atoms with Gasteiger partial charge in [0.2, 0.25) is 0 Å². The number of carbonyl (C=O) groups is 1. The Morgan fingerprint density at radius 1 is 1.40 bits per heavy atom. The lowest BCUT2D eigenvalue weighted by atomic mass is 9.83. The van der Waals surface area contributed by atoms with Crippen LogP contribution in [0.3, 0.4) is 0 Å². The van der Waals surface area contributed by atoms with Crippen molar-refractivity contribution in [2.24, 2.45) is 5.41 Å². The second-order valence-corrected chi connectivity index (χ2v) is 5.62. The number of rotatable bonds is 6. The van der Waals surface area contributed by atoms with Gasteiger partial charge >= 0.3 is 5.97 Å². The summed E-state index contributed by atoms with van der Waals surface area (Å²) in [6, 6.07) is 1.99. The Hall–Kier alpha value is -1.65. The minimum absolute atomic E-state index is 0.554. The zero-order valence-electron chi connectivity index (χ0n) is 12.3. The van der Waals surface area contributed by atoms with Crippen LogP contribution in [0, 0.1) is 5.41 Å². The maximum atomic E-state index is 11.6. The normalized spacial score (nSPS) is 22.2. The third-order valence-electron chi connectivity index (χ3n) is 4.08. The Balaban J connectivity index is 2.15. The maximum Gasteiger partial charge on any atom is 0.311 e. The number of anilines is 1. The molecule has 5 nitrogen and oxygen atoms in total. The maximum absolute atomic E-state index is 11.6. The largest absolute Gasteiger partial charge is 0.481 e. The molecular formula is C15H23N3O2. The Bertz CT molecular complexity index is 478. The summed E-state index contributed by atoms with van der Waals surface area (Å²) >= 11 is 0. The van der Waals surface area contributed by atoms with Gasteiger partial charge in [-0.05, 0) is 19.3 Å². The van der Waals surface area contributed by atoms with Crippen molar-refractivity contribution in [3.05, 3.63) is 18.1 Å². The molecule has 1 fully saturated rings. The monoisotopic (exact) mass is 277 g/mol. The molecule has 1 saturated heterocycles. The van der Waals surface area contributed by atoms with E-state index < -0.39 is 11.4 Å². The van der Waals surface area contributed by atoms with E-state index in [1.807, 2.05) is 13.0 Å². The Morgan fingerprint density at radius 3 is 2.85 bits per heavy atom. The van der Waals surface area contributed by atoms with Crippen LogP contribution in [0.1, 0.15) is 45.2 Å². The molecule has 0 aromatic carbocycles. The molecular weight excluding hydrogens is 254 g/mol. The highest BCUT2D eigenvalue weighted by molar-refractivity contribution is 5.76. The van der Waals surface area contributed by atoms with E-state index in [0.29, 0.717) is 13.0 Å². The molecule has 1 atom stereocenters. The molecule has 0 aliphatic carbocycles. The third kappa shape index (κ3) is 2.92. The van der Waals surface area contributed by atoms with Crippen molar-refractivity contribution in [2.45, 2.75) is 46.0 Å². The number of hydrogen-bond acceptors (Lipinski definition) is 4. The second-order valence-electron chi connectivity index (χ2n) is 5.62. The van der Waals surface area contributed by atoms with Crippen molar-refractivity contribution in [1.82, 2.24) is 9.97 Å². The number of hydrogen-bond donors (Lipinski definition) is 1. The summed E-state index contributed by atoms with van der Waals surface area (Å²) in [6.07, 6.45) is 5.88. The molecule has 0 saturated carbocycles. The summed E-state index contributed by atoms with van der Waals surface area (Å²) in [7, 11) is 0. The summed E-state index contributed by atoms with van der Waals surface area (Å²) in [6.45, 7) is 5.47. The van der Waals surface area contributed by atoms with Crippen LogP contribution in [-0.4, -0.2) is 34.1 Å². The fraction of sp³-hybridized carbons (Fsp3) is 0.667. The van der Waals surface area contributed by atoms with Gasteiger partial charge in [0.15, 0.2) is 0 Å². The minimum atomic E-state index is -0.676. The van der Waals surface area contributed by atoms with Gasteiger partial charge in [-0.1, -0.05) is 26.7 Å². The van der Waals surface area contributed by atoms with E-state index in [1.165, 1.54) is 0 Å². The third-order valence-corrected chi connectivity index (χ3v) is 4.08. The zero-order valence-corrected chi connectivity index (χ0v) is 12.3. The fourth-order valence-electron chi connectivity index (χ4n) is 2.98. The standard InChI is InChI=1S/C15H23N3O2/c1-3-5-12-9-13(17-11-16-12)18-8-7-15(10-18,6-4-2)14(19)20/h9,11H,3-8,10H2,1-2H3,(H,19,20). The van der Waals surface area contributed by atoms with E-state index in [2.05, 4.69) is 21.8 Å². The van der Waals surface area contributed by atoms with Gasteiger partial charge in [0.05, 0.1) is 5.41 Å². The number of aliphatic carboxylic acids is 1. The van der Waals surface area contributed by atoms with Crippen LogP contribution in [0.15, 0.2) is 12.4 Å². The lowest BCUT2D eigenvalue weighted by Gasteiger charge is -2.24. The second kappa shape index (κ2) is 6.20. The van der Waals surface area contributed by atoms with Gasteiger partial charge in [-0.2, -0.15) is 0 Å². The SMILES string of the molecule is CCCc1cc(N2CCC(CCC)(C(=O)O)C2)ncn1. The van der Waals surface area contributed by atoms with Gasteiger partial charge in [-0.15, -0.1) is 0 Å². The first-order chi connectivity index (χ1) is 9.61. The Labute approximate surface area is 120 Å². The molecule has 2 heterocycles. The van der Waals surface area contributed by atoms with Gasteiger partial charge in [-0.25, -0.2) is 9.97 Å². The molecule has 0 radical (unpaired) electrons. The highest BCUT2D eigenvalue weighted by Gasteiger charge is 2.44. The molecule has 1 aromatic heterocycles. The number of aryl methyl sites for hydroxylation is 1. The molecule has 1 aliphatic rings. The van der Waals surface area contributed by atoms with Crippen LogP contribution in [0.4, 0.5) is 5.82 Å². The van der Waals surface area contributed by atoms with Crippen LogP contribution < -0.4 is 4.90 Å². The van der Waals surface area contributed by atoms with Crippen LogP contribution in [0.25, 0.3) is 0 Å². The highest BCUT2D eigenvalue weighted by Crippen LogP contribution is 2.37. The molecule has 1 N–H and O–H groups in total. The molecule has 110 valence electrons. The summed E-state index contributed by atoms with van der Waals surface area (Å²) < 4.78 is 0. The average Bonchev–Trinajstić information content (AvgIpc) is 2.86. The Morgan fingerprint density at radius 2 is 2.20 bits per heavy atom.